The Morgan fingerprint density at radius 2 is 2.00 bits per heavy atom. The van der Waals surface area contributed by atoms with Crippen molar-refractivity contribution in [2.24, 2.45) is 5.73 Å². The molecule has 2 nitrogen and oxygen atoms in total. The average Bonchev–Trinajstić information content (AvgIpc) is 2.32. The maximum Gasteiger partial charge on any atom is 0.130 e. The van der Waals surface area contributed by atoms with Crippen molar-refractivity contribution in [1.82, 2.24) is 0 Å². The lowest BCUT2D eigenvalue weighted by Crippen LogP contribution is -2.22. The molecule has 0 amide bonds. The molecule has 2 rings (SSSR count). The van der Waals surface area contributed by atoms with Crippen LogP contribution in [0.15, 0.2) is 18.2 Å². The molecule has 1 aliphatic rings. The molecule has 1 aromatic rings. The van der Waals surface area contributed by atoms with Gasteiger partial charge in [0.25, 0.3) is 0 Å². The standard InChI is InChI=1S/C13H16FNOS/c14-9-6-7-12(11(8-9)13(15)17)16-10-4-2-1-3-5-10/h6-8,10H,1-5H2,(H2,15,17). The highest BCUT2D eigenvalue weighted by atomic mass is 32.1. The van der Waals surface area contributed by atoms with Crippen LogP contribution in [0.25, 0.3) is 0 Å². The van der Waals surface area contributed by atoms with E-state index in [4.69, 9.17) is 22.7 Å². The number of halogens is 1. The van der Waals surface area contributed by atoms with E-state index in [9.17, 15) is 4.39 Å². The van der Waals surface area contributed by atoms with Gasteiger partial charge in [-0.15, -0.1) is 0 Å². The molecule has 0 atom stereocenters. The first-order chi connectivity index (χ1) is 8.16. The van der Waals surface area contributed by atoms with Crippen molar-refractivity contribution >= 4 is 17.2 Å². The molecule has 0 heterocycles. The largest absolute Gasteiger partial charge is 0.490 e. The van der Waals surface area contributed by atoms with Crippen LogP contribution >= 0.6 is 12.2 Å². The second-order valence-electron chi connectivity index (χ2n) is 4.38. The lowest BCUT2D eigenvalue weighted by atomic mass is 9.97. The van der Waals surface area contributed by atoms with Gasteiger partial charge in [-0.1, -0.05) is 18.6 Å². The Balaban J connectivity index is 2.16. The number of rotatable bonds is 3. The summed E-state index contributed by atoms with van der Waals surface area (Å²) in [6.45, 7) is 0. The third kappa shape index (κ3) is 3.16. The van der Waals surface area contributed by atoms with E-state index in [1.165, 1.54) is 31.4 Å². The highest BCUT2D eigenvalue weighted by Crippen LogP contribution is 2.26. The zero-order chi connectivity index (χ0) is 12.3. The SMILES string of the molecule is NC(=S)c1cc(F)ccc1OC1CCCCC1. The topological polar surface area (TPSA) is 35.2 Å². The molecule has 2 N–H and O–H groups in total. The van der Waals surface area contributed by atoms with Crippen LogP contribution in [0, 0.1) is 5.82 Å². The molecule has 0 saturated heterocycles. The molecule has 17 heavy (non-hydrogen) atoms. The molecule has 1 saturated carbocycles. The second-order valence-corrected chi connectivity index (χ2v) is 4.82. The number of hydrogen-bond acceptors (Lipinski definition) is 2. The minimum Gasteiger partial charge on any atom is -0.490 e. The summed E-state index contributed by atoms with van der Waals surface area (Å²) in [6.07, 6.45) is 5.96. The van der Waals surface area contributed by atoms with Crippen LogP contribution in [-0.4, -0.2) is 11.1 Å². The van der Waals surface area contributed by atoms with Gasteiger partial charge in [0, 0.05) is 0 Å². The van der Waals surface area contributed by atoms with Crippen molar-refractivity contribution in [3.63, 3.8) is 0 Å². The molecule has 0 aliphatic heterocycles. The van der Waals surface area contributed by atoms with Gasteiger partial charge < -0.3 is 10.5 Å². The summed E-state index contributed by atoms with van der Waals surface area (Å²) in [5, 5.41) is 0. The van der Waals surface area contributed by atoms with Crippen molar-refractivity contribution in [3.8, 4) is 5.75 Å². The fourth-order valence-electron chi connectivity index (χ4n) is 2.16. The van der Waals surface area contributed by atoms with Crippen LogP contribution in [0.3, 0.4) is 0 Å². The summed E-state index contributed by atoms with van der Waals surface area (Å²) in [7, 11) is 0. The van der Waals surface area contributed by atoms with Crippen molar-refractivity contribution in [1.29, 1.82) is 0 Å². The third-order valence-corrected chi connectivity index (χ3v) is 3.27. The molecule has 0 aromatic heterocycles. The molecule has 0 unspecified atom stereocenters. The highest BCUT2D eigenvalue weighted by Gasteiger charge is 2.17. The second kappa shape index (κ2) is 5.45. The van der Waals surface area contributed by atoms with Crippen LogP contribution in [-0.2, 0) is 0 Å². The molecule has 0 spiro atoms. The maximum absolute atomic E-state index is 13.1. The van der Waals surface area contributed by atoms with E-state index in [-0.39, 0.29) is 16.9 Å². The van der Waals surface area contributed by atoms with Gasteiger partial charge in [0.05, 0.1) is 11.7 Å². The van der Waals surface area contributed by atoms with Gasteiger partial charge in [0.15, 0.2) is 0 Å². The fraction of sp³-hybridized carbons (Fsp3) is 0.462. The number of thiocarbonyl (C=S) groups is 1. The van der Waals surface area contributed by atoms with E-state index >= 15 is 0 Å². The quantitative estimate of drug-likeness (QED) is 0.840. The summed E-state index contributed by atoms with van der Waals surface area (Å²) in [6, 6.07) is 4.32. The third-order valence-electron chi connectivity index (χ3n) is 3.05. The van der Waals surface area contributed by atoms with Gasteiger partial charge in [-0.3, -0.25) is 0 Å². The Morgan fingerprint density at radius 1 is 1.29 bits per heavy atom. The fourth-order valence-corrected chi connectivity index (χ4v) is 2.32. The van der Waals surface area contributed by atoms with Crippen LogP contribution in [0.4, 0.5) is 4.39 Å². The van der Waals surface area contributed by atoms with E-state index in [2.05, 4.69) is 0 Å². The predicted molar refractivity (Wildman–Crippen MR) is 69.8 cm³/mol. The Hall–Kier alpha value is -1.16. The lowest BCUT2D eigenvalue weighted by Gasteiger charge is -2.24. The van der Waals surface area contributed by atoms with E-state index in [1.807, 2.05) is 0 Å². The van der Waals surface area contributed by atoms with E-state index in [0.717, 1.165) is 12.8 Å². The minimum absolute atomic E-state index is 0.176. The van der Waals surface area contributed by atoms with Gasteiger partial charge in [0.1, 0.15) is 16.6 Å². The summed E-state index contributed by atoms with van der Waals surface area (Å²) in [4.78, 5) is 0.176. The molecule has 1 fully saturated rings. The van der Waals surface area contributed by atoms with Gasteiger partial charge in [-0.2, -0.15) is 0 Å². The predicted octanol–water partition coefficient (Wildman–Crippen LogP) is 3.17. The summed E-state index contributed by atoms with van der Waals surface area (Å²) in [5.74, 6) is 0.259. The summed E-state index contributed by atoms with van der Waals surface area (Å²) in [5.41, 5.74) is 6.06. The molecule has 0 radical (unpaired) electrons. The molecular weight excluding hydrogens is 237 g/mol. The molecular formula is C13H16FNOS. The van der Waals surface area contributed by atoms with Crippen LogP contribution in [0.5, 0.6) is 5.75 Å². The van der Waals surface area contributed by atoms with Crippen molar-refractivity contribution < 1.29 is 9.13 Å². The van der Waals surface area contributed by atoms with Crippen molar-refractivity contribution in [2.75, 3.05) is 0 Å². The number of ether oxygens (including phenoxy) is 1. The Labute approximate surface area is 106 Å². The average molecular weight is 253 g/mol. The number of hydrogen-bond donors (Lipinski definition) is 1. The maximum atomic E-state index is 13.1. The zero-order valence-corrected chi connectivity index (χ0v) is 10.4. The van der Waals surface area contributed by atoms with Gasteiger partial charge in [-0.25, -0.2) is 4.39 Å². The monoisotopic (exact) mass is 253 g/mol. The van der Waals surface area contributed by atoms with Crippen LogP contribution in [0.1, 0.15) is 37.7 Å². The van der Waals surface area contributed by atoms with E-state index in [0.29, 0.717) is 11.3 Å². The molecule has 92 valence electrons. The smallest absolute Gasteiger partial charge is 0.130 e. The first-order valence-corrected chi connectivity index (χ1v) is 6.33. The van der Waals surface area contributed by atoms with E-state index < -0.39 is 0 Å². The summed E-state index contributed by atoms with van der Waals surface area (Å²) < 4.78 is 19.0. The van der Waals surface area contributed by atoms with Crippen LogP contribution in [0.2, 0.25) is 0 Å². The van der Waals surface area contributed by atoms with Gasteiger partial charge in [0.2, 0.25) is 0 Å². The number of nitrogens with two attached hydrogens (primary N) is 1. The van der Waals surface area contributed by atoms with Crippen LogP contribution < -0.4 is 10.5 Å². The lowest BCUT2D eigenvalue weighted by molar-refractivity contribution is 0.154. The Morgan fingerprint density at radius 3 is 2.65 bits per heavy atom. The number of benzene rings is 1. The molecule has 4 heteroatoms. The molecule has 1 aromatic carbocycles. The first-order valence-electron chi connectivity index (χ1n) is 5.93. The molecule has 0 bridgehead atoms. The van der Waals surface area contributed by atoms with E-state index in [1.54, 1.807) is 6.07 Å². The van der Waals surface area contributed by atoms with Gasteiger partial charge >= 0.3 is 0 Å². The van der Waals surface area contributed by atoms with Crippen molar-refractivity contribution in [3.05, 3.63) is 29.6 Å². The first kappa shape index (κ1) is 12.3. The Bertz CT molecular complexity index is 416. The summed E-state index contributed by atoms with van der Waals surface area (Å²) >= 11 is 4.91. The zero-order valence-electron chi connectivity index (χ0n) is 9.62. The van der Waals surface area contributed by atoms with Gasteiger partial charge in [-0.05, 0) is 43.9 Å². The highest BCUT2D eigenvalue weighted by molar-refractivity contribution is 7.80. The molecule has 1 aliphatic carbocycles. The van der Waals surface area contributed by atoms with Crippen molar-refractivity contribution in [2.45, 2.75) is 38.2 Å². The minimum atomic E-state index is -0.344. The normalized spacial score (nSPS) is 16.8. The Kier molecular flexibility index (Phi) is 3.94.